The molecule has 1 amide bonds. The van der Waals surface area contributed by atoms with Crippen LogP contribution in [0.5, 0.6) is 5.75 Å². The summed E-state index contributed by atoms with van der Waals surface area (Å²) in [6.45, 7) is 0. The fourth-order valence-electron chi connectivity index (χ4n) is 7.06. The highest BCUT2D eigenvalue weighted by atomic mass is 16.3. The third kappa shape index (κ3) is 3.69. The maximum absolute atomic E-state index is 13.5. The second-order valence-electron chi connectivity index (χ2n) is 10.9. The van der Waals surface area contributed by atoms with Crippen LogP contribution >= 0.6 is 0 Å². The van der Waals surface area contributed by atoms with Crippen LogP contribution in [0.3, 0.4) is 0 Å². The van der Waals surface area contributed by atoms with Crippen molar-refractivity contribution in [2.24, 2.45) is 29.4 Å². The number of fused-ring (bicyclic) bond motifs is 3. The summed E-state index contributed by atoms with van der Waals surface area (Å²) in [5.74, 6) is -6.14. The molecule has 2 unspecified atom stereocenters. The molecule has 35 heavy (non-hydrogen) atoms. The van der Waals surface area contributed by atoms with E-state index >= 15 is 0 Å². The molecular weight excluding hydrogens is 450 g/mol. The van der Waals surface area contributed by atoms with Crippen LogP contribution in [-0.4, -0.2) is 49.6 Å². The van der Waals surface area contributed by atoms with Gasteiger partial charge in [0.15, 0.2) is 11.4 Å². The number of aliphatic hydroxyl groups is 3. The maximum Gasteiger partial charge on any atom is 0.230 e. The first-order valence-corrected chi connectivity index (χ1v) is 12.7. The monoisotopic (exact) mass is 483 g/mol. The SMILES string of the molecule is NC(=O)C1C(=O)[C@@]2(O)C(=O)C3=C(O)c4c(O)ccc(CCC5CCCCC5)c4C[C@H]3C[C@H]2CC1O. The summed E-state index contributed by atoms with van der Waals surface area (Å²) in [5.41, 5.74) is 4.65. The van der Waals surface area contributed by atoms with E-state index in [1.807, 2.05) is 6.07 Å². The number of ketones is 2. The molecule has 4 aliphatic carbocycles. The number of phenolic OH excluding ortho intramolecular Hbond substituents is 1. The van der Waals surface area contributed by atoms with Crippen molar-refractivity contribution in [3.05, 3.63) is 34.4 Å². The number of Topliss-reactive ketones (excluding diaryl/α,β-unsaturated/α-hetero) is 2. The Morgan fingerprint density at radius 3 is 2.49 bits per heavy atom. The lowest BCUT2D eigenvalue weighted by atomic mass is 9.56. The summed E-state index contributed by atoms with van der Waals surface area (Å²) in [4.78, 5) is 38.4. The molecular formula is C27H33NO7. The van der Waals surface area contributed by atoms with E-state index in [0.29, 0.717) is 12.3 Å². The molecule has 5 rings (SSSR count). The van der Waals surface area contributed by atoms with Crippen molar-refractivity contribution in [3.8, 4) is 5.75 Å². The number of rotatable bonds is 4. The largest absolute Gasteiger partial charge is 0.507 e. The lowest BCUT2D eigenvalue weighted by Gasteiger charge is -2.48. The molecule has 6 N–H and O–H groups in total. The fraction of sp³-hybridized carbons (Fsp3) is 0.593. The molecule has 3 fully saturated rings. The van der Waals surface area contributed by atoms with Crippen molar-refractivity contribution in [2.75, 3.05) is 0 Å². The highest BCUT2D eigenvalue weighted by Crippen LogP contribution is 2.51. The van der Waals surface area contributed by atoms with Gasteiger partial charge in [-0.1, -0.05) is 38.2 Å². The van der Waals surface area contributed by atoms with Gasteiger partial charge in [0, 0.05) is 11.5 Å². The van der Waals surface area contributed by atoms with Crippen LogP contribution in [0.15, 0.2) is 17.7 Å². The van der Waals surface area contributed by atoms with Crippen LogP contribution in [0.1, 0.15) is 68.1 Å². The van der Waals surface area contributed by atoms with E-state index in [1.54, 1.807) is 0 Å². The average molecular weight is 484 g/mol. The summed E-state index contributed by atoms with van der Waals surface area (Å²) in [6.07, 6.45) is 7.13. The van der Waals surface area contributed by atoms with Crippen LogP contribution in [0, 0.1) is 23.7 Å². The van der Waals surface area contributed by atoms with E-state index in [1.165, 1.54) is 38.2 Å². The normalized spacial score (nSPS) is 33.2. The average Bonchev–Trinajstić information content (AvgIpc) is 2.81. The molecule has 1 aromatic carbocycles. The predicted octanol–water partition coefficient (Wildman–Crippen LogP) is 2.10. The predicted molar refractivity (Wildman–Crippen MR) is 126 cm³/mol. The maximum atomic E-state index is 13.5. The molecule has 0 radical (unpaired) electrons. The lowest BCUT2D eigenvalue weighted by molar-refractivity contribution is -0.174. The first kappa shape index (κ1) is 24.0. The zero-order chi connectivity index (χ0) is 25.1. The number of aliphatic hydroxyl groups excluding tert-OH is 2. The minimum Gasteiger partial charge on any atom is -0.507 e. The second-order valence-corrected chi connectivity index (χ2v) is 10.9. The fourth-order valence-corrected chi connectivity index (χ4v) is 7.06. The molecule has 1 aromatic rings. The smallest absolute Gasteiger partial charge is 0.230 e. The number of benzene rings is 1. The Bertz CT molecular complexity index is 1120. The molecule has 188 valence electrons. The summed E-state index contributed by atoms with van der Waals surface area (Å²) in [6, 6.07) is 3.39. The molecule has 8 heteroatoms. The molecule has 5 atom stereocenters. The molecule has 0 heterocycles. The number of aromatic hydroxyl groups is 1. The minimum atomic E-state index is -2.54. The Labute approximate surface area is 203 Å². The Hall–Kier alpha value is -2.71. The van der Waals surface area contributed by atoms with Crippen molar-refractivity contribution in [1.29, 1.82) is 0 Å². The zero-order valence-corrected chi connectivity index (χ0v) is 19.7. The minimum absolute atomic E-state index is 0.0936. The van der Waals surface area contributed by atoms with Gasteiger partial charge < -0.3 is 26.2 Å². The summed E-state index contributed by atoms with van der Waals surface area (Å²) >= 11 is 0. The van der Waals surface area contributed by atoms with E-state index in [2.05, 4.69) is 0 Å². The number of carbonyl (C=O) groups excluding carboxylic acids is 3. The van der Waals surface area contributed by atoms with E-state index in [0.717, 1.165) is 24.0 Å². The Balaban J connectivity index is 1.52. The number of hydrogen-bond acceptors (Lipinski definition) is 7. The molecule has 0 saturated heterocycles. The lowest BCUT2D eigenvalue weighted by Crippen LogP contribution is -2.66. The molecule has 0 aliphatic heterocycles. The number of primary amides is 1. The van der Waals surface area contributed by atoms with Crippen LogP contribution < -0.4 is 5.73 Å². The number of aryl methyl sites for hydroxylation is 1. The summed E-state index contributed by atoms with van der Waals surface area (Å²) in [5, 5.41) is 43.5. The third-order valence-corrected chi connectivity index (χ3v) is 8.91. The van der Waals surface area contributed by atoms with Crippen molar-refractivity contribution < 1.29 is 34.8 Å². The topological polar surface area (TPSA) is 158 Å². The molecule has 8 nitrogen and oxygen atoms in total. The number of nitrogens with two attached hydrogens (primary N) is 1. The van der Waals surface area contributed by atoms with E-state index in [4.69, 9.17) is 5.73 Å². The van der Waals surface area contributed by atoms with Crippen molar-refractivity contribution in [3.63, 3.8) is 0 Å². The van der Waals surface area contributed by atoms with Gasteiger partial charge in [-0.3, -0.25) is 14.4 Å². The van der Waals surface area contributed by atoms with Gasteiger partial charge >= 0.3 is 0 Å². The molecule has 0 spiro atoms. The molecule has 4 aliphatic rings. The molecule has 0 aromatic heterocycles. The van der Waals surface area contributed by atoms with Crippen molar-refractivity contribution in [1.82, 2.24) is 0 Å². The number of amides is 1. The molecule has 3 saturated carbocycles. The quantitative estimate of drug-likeness (QED) is 0.410. The van der Waals surface area contributed by atoms with Gasteiger partial charge in [0.05, 0.1) is 11.7 Å². The van der Waals surface area contributed by atoms with Crippen LogP contribution in [-0.2, 0) is 27.2 Å². The highest BCUT2D eigenvalue weighted by molar-refractivity contribution is 6.24. The van der Waals surface area contributed by atoms with E-state index < -0.39 is 52.7 Å². The summed E-state index contributed by atoms with van der Waals surface area (Å²) in [7, 11) is 0. The number of phenols is 1. The van der Waals surface area contributed by atoms with Crippen molar-refractivity contribution in [2.45, 2.75) is 75.9 Å². The Morgan fingerprint density at radius 2 is 1.80 bits per heavy atom. The van der Waals surface area contributed by atoms with Gasteiger partial charge in [-0.25, -0.2) is 0 Å². The van der Waals surface area contributed by atoms with E-state index in [-0.39, 0.29) is 29.7 Å². The Morgan fingerprint density at radius 1 is 1.09 bits per heavy atom. The van der Waals surface area contributed by atoms with Gasteiger partial charge in [-0.15, -0.1) is 0 Å². The van der Waals surface area contributed by atoms with Crippen LogP contribution in [0.4, 0.5) is 0 Å². The number of carbonyl (C=O) groups is 3. The first-order chi connectivity index (χ1) is 16.6. The third-order valence-electron chi connectivity index (χ3n) is 8.91. The molecule has 0 bridgehead atoms. The second kappa shape index (κ2) is 8.75. The van der Waals surface area contributed by atoms with Crippen molar-refractivity contribution >= 4 is 23.2 Å². The van der Waals surface area contributed by atoms with E-state index in [9.17, 15) is 34.8 Å². The van der Waals surface area contributed by atoms with Gasteiger partial charge in [-0.2, -0.15) is 0 Å². The highest BCUT2D eigenvalue weighted by Gasteiger charge is 2.63. The van der Waals surface area contributed by atoms with Gasteiger partial charge in [-0.05, 0) is 61.1 Å². The first-order valence-electron chi connectivity index (χ1n) is 12.7. The van der Waals surface area contributed by atoms with Crippen LogP contribution in [0.2, 0.25) is 0 Å². The van der Waals surface area contributed by atoms with Crippen LogP contribution in [0.25, 0.3) is 5.76 Å². The zero-order valence-electron chi connectivity index (χ0n) is 19.7. The standard InChI is InChI=1S/C27H33NO7/c28-26(34)22-19(30)12-16-10-15-11-17-14(7-6-13-4-2-1-3-5-13)8-9-18(29)21(17)23(31)20(15)24(32)27(16,35)25(22)33/h8-9,13,15-16,19,22,29-31,35H,1-7,10-12H2,(H2,28,34)/t15-,16+,19?,22?,27+/m1/s1. The van der Waals surface area contributed by atoms with Gasteiger partial charge in [0.25, 0.3) is 0 Å². The van der Waals surface area contributed by atoms with Gasteiger partial charge in [0.1, 0.15) is 17.4 Å². The number of hydrogen-bond donors (Lipinski definition) is 5. The summed E-state index contributed by atoms with van der Waals surface area (Å²) < 4.78 is 0. The Kier molecular flexibility index (Phi) is 6.00. The van der Waals surface area contributed by atoms with Gasteiger partial charge in [0.2, 0.25) is 11.7 Å².